The predicted octanol–water partition coefficient (Wildman–Crippen LogP) is 4.58. The average Bonchev–Trinajstić information content (AvgIpc) is 3.09. The van der Waals surface area contributed by atoms with E-state index in [1.54, 1.807) is 6.20 Å². The fraction of sp³-hybridized carbons (Fsp3) is 0.444. The third-order valence-corrected chi connectivity index (χ3v) is 4.92. The average molecular weight is 455 g/mol. The van der Waals surface area contributed by atoms with Crippen LogP contribution >= 0.6 is 48.2 Å². The molecular formula is C18H26Cl3N3O2S. The van der Waals surface area contributed by atoms with Gasteiger partial charge in [-0.25, -0.2) is 4.98 Å². The second-order valence-corrected chi connectivity index (χ2v) is 7.38. The summed E-state index contributed by atoms with van der Waals surface area (Å²) in [5.41, 5.74) is 0.929. The number of nitrogens with one attached hydrogen (secondary N) is 2. The Morgan fingerprint density at radius 2 is 1.93 bits per heavy atom. The normalized spacial score (nSPS) is 11.2. The van der Waals surface area contributed by atoms with Crippen molar-refractivity contribution in [2.45, 2.75) is 31.3 Å². The standard InChI is InChI=1S/C18H24ClN3O2S.2ClH/c1-3-8-20-9-10-21-18(23)13(2)25-12-17-22-11-16(24-17)14-4-6-15(19)7-5-14;;/h4-7,11,13,20H,3,8-10,12H2,1-2H3,(H,21,23);2*1H. The number of rotatable bonds is 10. The summed E-state index contributed by atoms with van der Waals surface area (Å²) in [6.07, 6.45) is 2.79. The highest BCUT2D eigenvalue weighted by Gasteiger charge is 2.15. The zero-order chi connectivity index (χ0) is 18.1. The number of amides is 1. The highest BCUT2D eigenvalue weighted by atomic mass is 35.5. The molecule has 2 aromatic rings. The van der Waals surface area contributed by atoms with E-state index in [9.17, 15) is 4.79 Å². The molecule has 0 spiro atoms. The molecule has 27 heavy (non-hydrogen) atoms. The van der Waals surface area contributed by atoms with E-state index in [1.165, 1.54) is 11.8 Å². The lowest BCUT2D eigenvalue weighted by molar-refractivity contribution is -0.120. The van der Waals surface area contributed by atoms with Gasteiger partial charge in [-0.15, -0.1) is 36.6 Å². The molecule has 0 aliphatic rings. The van der Waals surface area contributed by atoms with Crippen LogP contribution in [0.15, 0.2) is 34.9 Å². The van der Waals surface area contributed by atoms with Crippen LogP contribution < -0.4 is 10.6 Å². The van der Waals surface area contributed by atoms with Crippen LogP contribution in [0, 0.1) is 0 Å². The lowest BCUT2D eigenvalue weighted by Crippen LogP contribution is -2.36. The molecule has 9 heteroatoms. The topological polar surface area (TPSA) is 67.2 Å². The van der Waals surface area contributed by atoms with Crippen LogP contribution in [0.25, 0.3) is 11.3 Å². The second-order valence-electron chi connectivity index (χ2n) is 5.62. The number of thioether (sulfide) groups is 1. The molecule has 2 N–H and O–H groups in total. The van der Waals surface area contributed by atoms with Gasteiger partial charge in [0, 0.05) is 23.7 Å². The van der Waals surface area contributed by atoms with E-state index in [0.29, 0.717) is 29.0 Å². The molecule has 1 unspecified atom stereocenters. The Kier molecular flexibility index (Phi) is 13.6. The lowest BCUT2D eigenvalue weighted by Gasteiger charge is -2.11. The van der Waals surface area contributed by atoms with Crippen LogP contribution in [-0.2, 0) is 10.5 Å². The Bertz CT molecular complexity index is 668. The maximum absolute atomic E-state index is 12.0. The number of carbonyl (C=O) groups is 1. The molecule has 1 aromatic carbocycles. The van der Waals surface area contributed by atoms with Crippen LogP contribution in [0.2, 0.25) is 5.02 Å². The van der Waals surface area contributed by atoms with Gasteiger partial charge in [0.2, 0.25) is 11.8 Å². The van der Waals surface area contributed by atoms with Crippen LogP contribution in [0.4, 0.5) is 0 Å². The van der Waals surface area contributed by atoms with Gasteiger partial charge in [-0.2, -0.15) is 0 Å². The zero-order valence-corrected chi connectivity index (χ0v) is 18.6. The molecule has 0 saturated carbocycles. The summed E-state index contributed by atoms with van der Waals surface area (Å²) in [6, 6.07) is 7.41. The van der Waals surface area contributed by atoms with Crippen LogP contribution in [0.1, 0.15) is 26.2 Å². The summed E-state index contributed by atoms with van der Waals surface area (Å²) in [4.78, 5) is 16.3. The number of oxazole rings is 1. The highest BCUT2D eigenvalue weighted by Crippen LogP contribution is 2.24. The summed E-state index contributed by atoms with van der Waals surface area (Å²) >= 11 is 7.40. The van der Waals surface area contributed by atoms with Crippen molar-refractivity contribution in [3.63, 3.8) is 0 Å². The molecule has 0 fully saturated rings. The van der Waals surface area contributed by atoms with E-state index >= 15 is 0 Å². The van der Waals surface area contributed by atoms with Crippen molar-refractivity contribution in [3.05, 3.63) is 41.4 Å². The van der Waals surface area contributed by atoms with Crippen LogP contribution in [0.3, 0.4) is 0 Å². The predicted molar refractivity (Wildman–Crippen MR) is 118 cm³/mol. The molecule has 0 radical (unpaired) electrons. The first-order valence-electron chi connectivity index (χ1n) is 8.40. The minimum atomic E-state index is -0.156. The molecule has 152 valence electrons. The summed E-state index contributed by atoms with van der Waals surface area (Å²) in [6.45, 7) is 6.42. The van der Waals surface area contributed by atoms with Gasteiger partial charge in [-0.3, -0.25) is 4.79 Å². The largest absolute Gasteiger partial charge is 0.440 e. The first-order valence-corrected chi connectivity index (χ1v) is 9.83. The molecule has 0 saturated heterocycles. The van der Waals surface area contributed by atoms with Gasteiger partial charge >= 0.3 is 0 Å². The maximum Gasteiger partial charge on any atom is 0.232 e. The van der Waals surface area contributed by atoms with Gasteiger partial charge < -0.3 is 15.1 Å². The molecule has 5 nitrogen and oxygen atoms in total. The summed E-state index contributed by atoms with van der Waals surface area (Å²) in [5.74, 6) is 1.90. The third kappa shape index (κ3) is 9.21. The number of carbonyl (C=O) groups excluding carboxylic acids is 1. The smallest absolute Gasteiger partial charge is 0.232 e. The Balaban J connectivity index is 0.00000338. The first kappa shape index (κ1) is 26.1. The van der Waals surface area contributed by atoms with Crippen LogP contribution in [-0.4, -0.2) is 35.8 Å². The van der Waals surface area contributed by atoms with Crippen molar-refractivity contribution in [1.82, 2.24) is 15.6 Å². The molecule has 1 aromatic heterocycles. The van der Waals surface area contributed by atoms with Crippen molar-refractivity contribution in [2.75, 3.05) is 19.6 Å². The molecule has 0 aliphatic heterocycles. The fourth-order valence-corrected chi connectivity index (χ4v) is 3.00. The molecule has 1 atom stereocenters. The molecule has 2 rings (SSSR count). The molecular weight excluding hydrogens is 429 g/mol. The quantitative estimate of drug-likeness (QED) is 0.514. The van der Waals surface area contributed by atoms with Gasteiger partial charge in [-0.1, -0.05) is 18.5 Å². The monoisotopic (exact) mass is 453 g/mol. The number of nitrogens with zero attached hydrogens (tertiary/aromatic N) is 1. The number of benzene rings is 1. The first-order chi connectivity index (χ1) is 12.1. The van der Waals surface area contributed by atoms with Gasteiger partial charge in [-0.05, 0) is 44.2 Å². The van der Waals surface area contributed by atoms with E-state index in [-0.39, 0.29) is 36.0 Å². The highest BCUT2D eigenvalue weighted by molar-refractivity contribution is 7.99. The van der Waals surface area contributed by atoms with Crippen molar-refractivity contribution < 1.29 is 9.21 Å². The van der Waals surface area contributed by atoms with Crippen LogP contribution in [0.5, 0.6) is 0 Å². The van der Waals surface area contributed by atoms with E-state index in [1.807, 2.05) is 31.2 Å². The van der Waals surface area contributed by atoms with Gasteiger partial charge in [0.1, 0.15) is 0 Å². The number of aromatic nitrogens is 1. The summed E-state index contributed by atoms with van der Waals surface area (Å²) in [5, 5.41) is 6.71. The maximum atomic E-state index is 12.0. The van der Waals surface area contributed by atoms with Gasteiger partial charge in [0.15, 0.2) is 5.76 Å². The van der Waals surface area contributed by atoms with E-state index in [0.717, 1.165) is 25.1 Å². The van der Waals surface area contributed by atoms with Crippen molar-refractivity contribution in [1.29, 1.82) is 0 Å². The molecule has 0 bridgehead atoms. The number of hydrogen-bond acceptors (Lipinski definition) is 5. The zero-order valence-electron chi connectivity index (χ0n) is 15.4. The Morgan fingerprint density at radius 1 is 1.22 bits per heavy atom. The summed E-state index contributed by atoms with van der Waals surface area (Å²) < 4.78 is 5.75. The van der Waals surface area contributed by atoms with Crippen molar-refractivity contribution >= 4 is 54.1 Å². The number of hydrogen-bond donors (Lipinski definition) is 2. The van der Waals surface area contributed by atoms with E-state index in [4.69, 9.17) is 16.0 Å². The van der Waals surface area contributed by atoms with Gasteiger partial charge in [0.05, 0.1) is 17.2 Å². The number of halogens is 3. The fourth-order valence-electron chi connectivity index (χ4n) is 2.12. The SMILES string of the molecule is CCCNCCNC(=O)C(C)SCc1ncc(-c2ccc(Cl)cc2)o1.Cl.Cl. The Labute approximate surface area is 182 Å². The molecule has 0 aliphatic carbocycles. The minimum Gasteiger partial charge on any atom is -0.440 e. The second kappa shape index (κ2) is 14.1. The lowest BCUT2D eigenvalue weighted by atomic mass is 10.2. The van der Waals surface area contributed by atoms with Crippen molar-refractivity contribution in [2.24, 2.45) is 0 Å². The Hall–Kier alpha value is -0.920. The third-order valence-electron chi connectivity index (χ3n) is 3.54. The van der Waals surface area contributed by atoms with Crippen molar-refractivity contribution in [3.8, 4) is 11.3 Å². The Morgan fingerprint density at radius 3 is 2.59 bits per heavy atom. The minimum absolute atomic E-state index is 0. The van der Waals surface area contributed by atoms with E-state index < -0.39 is 0 Å². The van der Waals surface area contributed by atoms with Gasteiger partial charge in [0.25, 0.3) is 0 Å². The molecule has 1 heterocycles. The molecule has 1 amide bonds. The summed E-state index contributed by atoms with van der Waals surface area (Å²) in [7, 11) is 0. The van der Waals surface area contributed by atoms with E-state index in [2.05, 4.69) is 22.5 Å².